The lowest BCUT2D eigenvalue weighted by Crippen LogP contribution is -2.44. The van der Waals surface area contributed by atoms with Gasteiger partial charge in [-0.1, -0.05) is 74.6 Å². The lowest BCUT2D eigenvalue weighted by Gasteiger charge is -2.38. The summed E-state index contributed by atoms with van der Waals surface area (Å²) in [5.41, 5.74) is 12.5. The number of aliphatic hydroxyl groups is 1. The molecule has 612 valence electrons. The van der Waals surface area contributed by atoms with Gasteiger partial charge < -0.3 is 69.2 Å². The Morgan fingerprint density at radius 3 is 1.58 bits per heavy atom. The Hall–Kier alpha value is -12.7. The van der Waals surface area contributed by atoms with Crippen LogP contribution in [0.25, 0.3) is 50.4 Å². The van der Waals surface area contributed by atoms with E-state index < -0.39 is 0 Å². The third-order valence-corrected chi connectivity index (χ3v) is 22.8. The molecule has 1 amide bonds. The predicted molar refractivity (Wildman–Crippen MR) is 454 cm³/mol. The number of fused-ring (bicyclic) bond motifs is 20. The molecule has 4 N–H and O–H groups in total. The summed E-state index contributed by atoms with van der Waals surface area (Å²) in [6.07, 6.45) is 20.4. The van der Waals surface area contributed by atoms with Crippen LogP contribution in [0.2, 0.25) is 0 Å². The highest BCUT2D eigenvalue weighted by molar-refractivity contribution is 5.98. The summed E-state index contributed by atoms with van der Waals surface area (Å²) in [4.78, 5) is 101. The van der Waals surface area contributed by atoms with Gasteiger partial charge >= 0.3 is 0 Å². The standard InChI is InChI=1S/C31H34N8O4.C28H29N7O3.C28H31N7O3/c1-35-12-14-36(15-13-35)25-8-6-22(16-21(25)19-40)33-31-32-18-24-29(34-31)39-23-7-9-27-26(17-23)37(28(41)20-43-27)10-4-2-3-5-11-38(39)30(24)42;1-33-17-19-15-20(7-8-22(19)28(18-33)9-10-28)30-27-29-16-21-25(32-27)35-23-5-4-6-24(31-23)38-14-13-37-12-3-2-11-34(35)26(21)36;1-28(2)18-33(3)17-19-15-20(9-10-22(19)28)30-27-29-16-21-25(32-27)35-23-7-6-8-24(31-23)38-14-13-37-12-5-4-11-34(35)26(21)36/h3,5-9,16-18,40H,2,4,10-15,19-20H2,1H3,(H,32,33,34);2-8,15-16H,9-14,17-18H2,1H3,(H,29,30,32);4-10,15-16H,11-14,17-18H2,1-3H3,(H,29,30,32)/b;3-2+;5-4+. The van der Waals surface area contributed by atoms with Crippen LogP contribution in [0.1, 0.15) is 67.3 Å². The molecule has 15 heterocycles. The van der Waals surface area contributed by atoms with Crippen molar-refractivity contribution in [2.24, 2.45) is 0 Å². The van der Waals surface area contributed by atoms with E-state index in [2.05, 4.69) is 132 Å². The van der Waals surface area contributed by atoms with Crippen molar-refractivity contribution in [3.63, 3.8) is 0 Å². The molecule has 8 aliphatic rings. The number of nitrogens with zero attached hydrogens (tertiary/aromatic N) is 19. The highest BCUT2D eigenvalue weighted by atomic mass is 16.5. The van der Waals surface area contributed by atoms with Crippen LogP contribution in [0.4, 0.5) is 46.3 Å². The number of carbonyl (C=O) groups is 1. The van der Waals surface area contributed by atoms with E-state index in [4.69, 9.17) is 38.6 Å². The van der Waals surface area contributed by atoms with Gasteiger partial charge in [0.15, 0.2) is 35.2 Å². The van der Waals surface area contributed by atoms with Crippen molar-refractivity contribution < 1.29 is 33.6 Å². The molecule has 7 aliphatic heterocycles. The maximum Gasteiger partial charge on any atom is 0.278 e. The minimum absolute atomic E-state index is 0.00987. The number of aliphatic hydroxyl groups excluding tert-OH is 1. The van der Waals surface area contributed by atoms with Crippen molar-refractivity contribution in [2.45, 2.75) is 89.7 Å². The van der Waals surface area contributed by atoms with Crippen LogP contribution in [0.3, 0.4) is 0 Å². The summed E-state index contributed by atoms with van der Waals surface area (Å²) in [5.74, 6) is 3.68. The van der Waals surface area contributed by atoms with Gasteiger partial charge in [0.2, 0.25) is 29.6 Å². The van der Waals surface area contributed by atoms with E-state index in [1.165, 1.54) is 35.1 Å². The highest BCUT2D eigenvalue weighted by Gasteiger charge is 2.48. The summed E-state index contributed by atoms with van der Waals surface area (Å²) in [6.45, 7) is 16.4. The van der Waals surface area contributed by atoms with Gasteiger partial charge in [0.1, 0.15) is 35.1 Å². The van der Waals surface area contributed by atoms with E-state index in [0.29, 0.717) is 163 Å². The number of aromatic nitrogens is 14. The zero-order chi connectivity index (χ0) is 81.5. The number of nitrogens with one attached hydrogen (secondary N) is 3. The number of pyridine rings is 2. The number of piperazine rings is 1. The average Bonchev–Trinajstić information content (AvgIpc) is 1.61. The maximum atomic E-state index is 13.6. The summed E-state index contributed by atoms with van der Waals surface area (Å²) in [5, 5.41) is 21.4. The topological polar surface area (TPSA) is 320 Å². The third-order valence-electron chi connectivity index (χ3n) is 22.8. The quantitative estimate of drug-likeness (QED) is 0.103. The number of benzene rings is 4. The molecule has 1 spiro atoms. The molecule has 20 rings (SSSR count). The number of hydrogen-bond donors (Lipinski definition) is 4. The zero-order valence-corrected chi connectivity index (χ0v) is 67.2. The number of likely N-dealkylation sites (N-methyl/N-ethyl adjacent to an activating group) is 3. The van der Waals surface area contributed by atoms with Gasteiger partial charge in [0.05, 0.1) is 64.0 Å². The van der Waals surface area contributed by atoms with E-state index in [1.54, 1.807) is 63.7 Å². The fourth-order valence-electron chi connectivity index (χ4n) is 17.1. The molecular weight excluding hydrogens is 1510 g/mol. The van der Waals surface area contributed by atoms with Gasteiger partial charge in [-0.15, -0.1) is 0 Å². The molecule has 0 unspecified atom stereocenters. The second-order valence-electron chi connectivity index (χ2n) is 31.9. The molecule has 2 fully saturated rings. The molecule has 32 nitrogen and oxygen atoms in total. The molecule has 12 aromatic rings. The first-order valence-corrected chi connectivity index (χ1v) is 40.5. The highest BCUT2D eigenvalue weighted by Crippen LogP contribution is 2.52. The van der Waals surface area contributed by atoms with Crippen molar-refractivity contribution in [3.05, 3.63) is 223 Å². The Kier molecular flexibility index (Phi) is 21.5. The van der Waals surface area contributed by atoms with Gasteiger partial charge in [-0.2, -0.15) is 24.9 Å². The largest absolute Gasteiger partial charge is 0.482 e. The molecule has 32 heteroatoms. The molecule has 1 saturated heterocycles. The number of rotatable bonds is 8. The number of allylic oxidation sites excluding steroid dienone is 4. The van der Waals surface area contributed by atoms with E-state index in [-0.39, 0.29) is 41.2 Å². The normalized spacial score (nSPS) is 18.3. The smallest absolute Gasteiger partial charge is 0.278 e. The second-order valence-corrected chi connectivity index (χ2v) is 31.9. The van der Waals surface area contributed by atoms with Crippen molar-refractivity contribution in [1.29, 1.82) is 0 Å². The van der Waals surface area contributed by atoms with E-state index in [9.17, 15) is 24.3 Å². The number of anilines is 8. The fraction of sp³-hybridized carbons (Fsp3) is 0.356. The zero-order valence-electron chi connectivity index (χ0n) is 67.2. The summed E-state index contributed by atoms with van der Waals surface area (Å²) >= 11 is 0. The van der Waals surface area contributed by atoms with E-state index >= 15 is 0 Å². The second kappa shape index (κ2) is 33.0. The van der Waals surface area contributed by atoms with Crippen LogP contribution in [-0.2, 0) is 64.4 Å². The van der Waals surface area contributed by atoms with Crippen molar-refractivity contribution in [3.8, 4) is 34.8 Å². The predicted octanol–water partition coefficient (Wildman–Crippen LogP) is 9.22. The summed E-state index contributed by atoms with van der Waals surface area (Å²) < 4.78 is 38.4. The molecular formula is C87H94N22O10. The SMILES string of the molecule is CN1CCN(c2ccc(Nc3ncc4c(=O)n5n(c4n3)-c3ccc4c(c3)N(CCCC=CC5)C(=O)CO4)cc2CO)CC1.CN1Cc2cc(Nc3ncc4c(=O)n5n(c4n3)-c3cccc(n3)OCCOC/C=C/C5)ccc2C(C)(C)C1.CN1Cc2cc(Nc3ncc4c(=O)n5n(c4n3)-c3cccc(n3)OCCOC/C=C/C5)ccc2C2(CC2)C1. The molecule has 6 bridgehead atoms. The molecule has 8 aromatic heterocycles. The van der Waals surface area contributed by atoms with Crippen LogP contribution in [0.15, 0.2) is 179 Å². The first-order valence-electron chi connectivity index (χ1n) is 40.5. The first kappa shape index (κ1) is 77.5. The van der Waals surface area contributed by atoms with Gasteiger partial charge in [-0.3, -0.25) is 19.2 Å². The average molecular weight is 1610 g/mol. The molecule has 1 saturated carbocycles. The van der Waals surface area contributed by atoms with Crippen molar-refractivity contribution in [1.82, 2.24) is 82.7 Å². The van der Waals surface area contributed by atoms with Crippen molar-refractivity contribution in [2.75, 3.05) is 139 Å². The Balaban J connectivity index is 0.000000123. The summed E-state index contributed by atoms with van der Waals surface area (Å²) in [6, 6.07) is 35.4. The molecule has 0 radical (unpaired) electrons. The molecule has 119 heavy (non-hydrogen) atoms. The maximum absolute atomic E-state index is 13.6. The van der Waals surface area contributed by atoms with Crippen LogP contribution in [0, 0.1) is 0 Å². The van der Waals surface area contributed by atoms with Gasteiger partial charge in [0.25, 0.3) is 22.6 Å². The van der Waals surface area contributed by atoms with E-state index in [0.717, 1.165) is 93.5 Å². The minimum atomic E-state index is -0.204. The van der Waals surface area contributed by atoms with Gasteiger partial charge in [-0.05, 0) is 142 Å². The van der Waals surface area contributed by atoms with E-state index in [1.807, 2.05) is 97.1 Å². The van der Waals surface area contributed by atoms with Crippen LogP contribution in [-0.4, -0.2) is 207 Å². The lowest BCUT2D eigenvalue weighted by atomic mass is 9.78. The number of carbonyl (C=O) groups excluding carboxylic acids is 1. The summed E-state index contributed by atoms with van der Waals surface area (Å²) in [7, 11) is 6.45. The minimum Gasteiger partial charge on any atom is -0.482 e. The Morgan fingerprint density at radius 1 is 0.487 bits per heavy atom. The van der Waals surface area contributed by atoms with Gasteiger partial charge in [-0.25, -0.2) is 43.0 Å². The van der Waals surface area contributed by atoms with Crippen LogP contribution in [0.5, 0.6) is 17.5 Å². The van der Waals surface area contributed by atoms with Crippen LogP contribution >= 0.6 is 0 Å². The third kappa shape index (κ3) is 16.0. The fourth-order valence-corrected chi connectivity index (χ4v) is 17.1. The first-order chi connectivity index (χ1) is 58.0. The number of ether oxygens (including phenoxy) is 5. The van der Waals surface area contributed by atoms with Crippen molar-refractivity contribution >= 4 is 85.3 Å². The lowest BCUT2D eigenvalue weighted by molar-refractivity contribution is -0.121. The number of amides is 1. The Morgan fingerprint density at radius 2 is 1.01 bits per heavy atom. The Labute approximate surface area is 684 Å². The van der Waals surface area contributed by atoms with Crippen LogP contribution < -0.4 is 56.6 Å². The molecule has 1 aliphatic carbocycles. The van der Waals surface area contributed by atoms with Gasteiger partial charge in [0, 0.05) is 129 Å². The monoisotopic (exact) mass is 1610 g/mol. The Bertz CT molecular complexity index is 5940. The molecule has 4 aromatic carbocycles. The number of hydrogen-bond acceptors (Lipinski definition) is 25. The molecule has 0 atom stereocenters.